The average Bonchev–Trinajstić information content (AvgIpc) is 3.29. The largest absolute Gasteiger partial charge is 0.467 e. The standard InChI is InChI=1S/C19H23N3O6S/c23-22(24)17-13-15(29(25,26)21-8-2-1-3-9-21)6-7-16(17)20-10-12-28-19(14-20)18-5-4-11-27-18/h4-7,11,13,19H,1-3,8-10,12,14H2. The fraction of sp³-hybridized carbons (Fsp3) is 0.474. The van der Waals surface area contributed by atoms with Crippen molar-refractivity contribution in [2.75, 3.05) is 37.7 Å². The molecule has 2 fully saturated rings. The highest BCUT2D eigenvalue weighted by Crippen LogP contribution is 2.35. The summed E-state index contributed by atoms with van der Waals surface area (Å²) in [6, 6.07) is 7.73. The zero-order valence-electron chi connectivity index (χ0n) is 15.9. The van der Waals surface area contributed by atoms with Crippen LogP contribution < -0.4 is 4.90 Å². The third-order valence-corrected chi connectivity index (χ3v) is 7.26. The van der Waals surface area contributed by atoms with E-state index in [1.165, 1.54) is 22.5 Å². The Morgan fingerprint density at radius 1 is 1.10 bits per heavy atom. The van der Waals surface area contributed by atoms with E-state index >= 15 is 0 Å². The maximum Gasteiger partial charge on any atom is 0.293 e. The lowest BCUT2D eigenvalue weighted by Gasteiger charge is -2.33. The first-order valence-electron chi connectivity index (χ1n) is 9.65. The molecule has 2 aliphatic rings. The molecule has 1 atom stereocenters. The van der Waals surface area contributed by atoms with Crippen molar-refractivity contribution in [1.82, 2.24) is 4.31 Å². The van der Waals surface area contributed by atoms with Crippen molar-refractivity contribution >= 4 is 21.4 Å². The van der Waals surface area contributed by atoms with Crippen molar-refractivity contribution in [2.45, 2.75) is 30.3 Å². The van der Waals surface area contributed by atoms with Gasteiger partial charge in [-0.2, -0.15) is 4.31 Å². The van der Waals surface area contributed by atoms with Gasteiger partial charge in [-0.1, -0.05) is 6.42 Å². The molecule has 156 valence electrons. The number of anilines is 1. The number of benzene rings is 1. The fourth-order valence-corrected chi connectivity index (χ4v) is 5.38. The van der Waals surface area contributed by atoms with Gasteiger partial charge < -0.3 is 14.1 Å². The summed E-state index contributed by atoms with van der Waals surface area (Å²) in [4.78, 5) is 13.0. The highest BCUT2D eigenvalue weighted by Gasteiger charge is 2.32. The first kappa shape index (κ1) is 19.9. The second kappa shape index (κ2) is 8.13. The molecule has 0 amide bonds. The topological polar surface area (TPSA) is 106 Å². The van der Waals surface area contributed by atoms with Gasteiger partial charge in [-0.05, 0) is 37.1 Å². The zero-order valence-corrected chi connectivity index (χ0v) is 16.7. The molecule has 0 saturated carbocycles. The number of piperidine rings is 1. The molecule has 3 heterocycles. The van der Waals surface area contributed by atoms with E-state index in [1.807, 2.05) is 4.90 Å². The molecule has 0 N–H and O–H groups in total. The van der Waals surface area contributed by atoms with Crippen molar-refractivity contribution in [2.24, 2.45) is 0 Å². The molecule has 10 heteroatoms. The van der Waals surface area contributed by atoms with Gasteiger partial charge in [-0.25, -0.2) is 8.42 Å². The zero-order chi connectivity index (χ0) is 20.4. The lowest BCUT2D eigenvalue weighted by molar-refractivity contribution is -0.384. The van der Waals surface area contributed by atoms with Gasteiger partial charge in [0.2, 0.25) is 10.0 Å². The molecule has 4 rings (SSSR count). The maximum atomic E-state index is 12.9. The number of nitrogens with zero attached hydrogens (tertiary/aromatic N) is 3. The molecule has 1 unspecified atom stereocenters. The number of sulfonamides is 1. The predicted octanol–water partition coefficient (Wildman–Crippen LogP) is 2.94. The summed E-state index contributed by atoms with van der Waals surface area (Å²) in [6.07, 6.45) is 3.83. The minimum absolute atomic E-state index is 0.0364. The summed E-state index contributed by atoms with van der Waals surface area (Å²) in [5.74, 6) is 0.654. The number of hydrogen-bond donors (Lipinski definition) is 0. The maximum absolute atomic E-state index is 12.9. The lowest BCUT2D eigenvalue weighted by atomic mass is 10.1. The number of furan rings is 1. The van der Waals surface area contributed by atoms with Gasteiger partial charge in [0.25, 0.3) is 5.69 Å². The summed E-state index contributed by atoms with van der Waals surface area (Å²) in [6.45, 7) is 2.14. The van der Waals surface area contributed by atoms with Crippen LogP contribution in [-0.2, 0) is 14.8 Å². The highest BCUT2D eigenvalue weighted by molar-refractivity contribution is 7.89. The van der Waals surface area contributed by atoms with Gasteiger partial charge in [0.05, 0.1) is 29.2 Å². The van der Waals surface area contributed by atoms with Crippen LogP contribution >= 0.6 is 0 Å². The summed E-state index contributed by atoms with van der Waals surface area (Å²) < 4.78 is 38.4. The number of hydrogen-bond acceptors (Lipinski definition) is 7. The highest BCUT2D eigenvalue weighted by atomic mass is 32.2. The van der Waals surface area contributed by atoms with E-state index in [1.54, 1.807) is 18.4 Å². The van der Waals surface area contributed by atoms with Crippen LogP contribution in [0.4, 0.5) is 11.4 Å². The second-order valence-electron chi connectivity index (χ2n) is 7.19. The molecule has 0 aliphatic carbocycles. The first-order chi connectivity index (χ1) is 14.0. The van der Waals surface area contributed by atoms with E-state index in [0.29, 0.717) is 44.2 Å². The van der Waals surface area contributed by atoms with Gasteiger partial charge >= 0.3 is 0 Å². The molecule has 2 saturated heterocycles. The van der Waals surface area contributed by atoms with Crippen LogP contribution in [0, 0.1) is 10.1 Å². The van der Waals surface area contributed by atoms with Gasteiger partial charge in [0, 0.05) is 25.7 Å². The molecule has 0 radical (unpaired) electrons. The van der Waals surface area contributed by atoms with E-state index in [2.05, 4.69) is 0 Å². The van der Waals surface area contributed by atoms with Crippen LogP contribution in [0.1, 0.15) is 31.1 Å². The Kier molecular flexibility index (Phi) is 5.57. The Morgan fingerprint density at radius 3 is 2.59 bits per heavy atom. The van der Waals surface area contributed by atoms with E-state index in [0.717, 1.165) is 19.3 Å². The SMILES string of the molecule is O=[N+]([O-])c1cc(S(=O)(=O)N2CCCCC2)ccc1N1CCOC(c2ccco2)C1. The summed E-state index contributed by atoms with van der Waals surface area (Å²) in [5, 5.41) is 11.8. The van der Waals surface area contributed by atoms with Gasteiger partial charge in [0.15, 0.2) is 0 Å². The van der Waals surface area contributed by atoms with Crippen molar-refractivity contribution in [1.29, 1.82) is 0 Å². The quantitative estimate of drug-likeness (QED) is 0.540. The second-order valence-corrected chi connectivity index (χ2v) is 9.13. The van der Waals surface area contributed by atoms with Crippen molar-refractivity contribution < 1.29 is 22.5 Å². The van der Waals surface area contributed by atoms with Crippen molar-refractivity contribution in [3.8, 4) is 0 Å². The molecule has 0 bridgehead atoms. The minimum atomic E-state index is -3.74. The number of morpholine rings is 1. The molecule has 1 aromatic heterocycles. The molecular weight excluding hydrogens is 398 g/mol. The van der Waals surface area contributed by atoms with Gasteiger partial charge in [-0.15, -0.1) is 0 Å². The van der Waals surface area contributed by atoms with Gasteiger partial charge in [0.1, 0.15) is 17.6 Å². The average molecular weight is 421 g/mol. The minimum Gasteiger partial charge on any atom is -0.467 e. The number of ether oxygens (including phenoxy) is 1. The predicted molar refractivity (Wildman–Crippen MR) is 105 cm³/mol. The van der Waals surface area contributed by atoms with E-state index in [9.17, 15) is 18.5 Å². The summed E-state index contributed by atoms with van der Waals surface area (Å²) in [5.41, 5.74) is 0.163. The molecule has 0 spiro atoms. The van der Waals surface area contributed by atoms with Crippen LogP contribution in [0.2, 0.25) is 0 Å². The third-order valence-electron chi connectivity index (χ3n) is 5.36. The van der Waals surface area contributed by atoms with Crippen LogP contribution in [0.3, 0.4) is 0 Å². The molecule has 29 heavy (non-hydrogen) atoms. The Hall–Kier alpha value is -2.43. The molecule has 9 nitrogen and oxygen atoms in total. The van der Waals surface area contributed by atoms with Gasteiger partial charge in [-0.3, -0.25) is 10.1 Å². The summed E-state index contributed by atoms with van der Waals surface area (Å²) in [7, 11) is -3.74. The molecular formula is C19H23N3O6S. The monoisotopic (exact) mass is 421 g/mol. The molecule has 2 aliphatic heterocycles. The van der Waals surface area contributed by atoms with Crippen LogP contribution in [0.15, 0.2) is 45.9 Å². The smallest absolute Gasteiger partial charge is 0.293 e. The molecule has 2 aromatic rings. The van der Waals surface area contributed by atoms with Crippen molar-refractivity contribution in [3.63, 3.8) is 0 Å². The van der Waals surface area contributed by atoms with E-state index in [-0.39, 0.29) is 16.7 Å². The van der Waals surface area contributed by atoms with Crippen LogP contribution in [0.5, 0.6) is 0 Å². The Morgan fingerprint density at radius 2 is 1.90 bits per heavy atom. The van der Waals surface area contributed by atoms with Crippen LogP contribution in [-0.4, -0.2) is 50.4 Å². The van der Waals surface area contributed by atoms with E-state index < -0.39 is 14.9 Å². The molecule has 1 aromatic carbocycles. The van der Waals surface area contributed by atoms with Crippen LogP contribution in [0.25, 0.3) is 0 Å². The van der Waals surface area contributed by atoms with Crippen molar-refractivity contribution in [3.05, 3.63) is 52.5 Å². The van der Waals surface area contributed by atoms with E-state index in [4.69, 9.17) is 9.15 Å². The third kappa shape index (κ3) is 4.00. The fourth-order valence-electron chi connectivity index (χ4n) is 3.85. The summed E-state index contributed by atoms with van der Waals surface area (Å²) >= 11 is 0. The Labute approximate surface area is 169 Å². The lowest BCUT2D eigenvalue weighted by Crippen LogP contribution is -2.38. The Balaban J connectivity index is 1.63. The normalized spacial score (nSPS) is 21.2. The number of rotatable bonds is 5. The first-order valence-corrected chi connectivity index (χ1v) is 11.1. The number of nitro benzene ring substituents is 1. The number of nitro groups is 1. The Bertz CT molecular complexity index is 970.